The molecule has 1 aliphatic carbocycles. The first-order chi connectivity index (χ1) is 21.0. The summed E-state index contributed by atoms with van der Waals surface area (Å²) >= 11 is 0. The van der Waals surface area contributed by atoms with E-state index in [9.17, 15) is 14.7 Å². The van der Waals surface area contributed by atoms with Crippen LogP contribution in [0.1, 0.15) is 101 Å². The van der Waals surface area contributed by atoms with E-state index in [1.165, 1.54) is 56.9 Å². The monoisotopic (exact) mass is 618 g/mol. The largest absolute Gasteiger partial charge is 0.457 e. The maximum absolute atomic E-state index is 12.4. The lowest BCUT2D eigenvalue weighted by Crippen LogP contribution is -2.46. The van der Waals surface area contributed by atoms with Gasteiger partial charge in [0.15, 0.2) is 0 Å². The Kier molecular flexibility index (Phi) is 13.7. The maximum Gasteiger partial charge on any atom is 0.333 e. The van der Waals surface area contributed by atoms with E-state index in [4.69, 9.17) is 9.47 Å². The van der Waals surface area contributed by atoms with Gasteiger partial charge in [-0.05, 0) is 103 Å². The summed E-state index contributed by atoms with van der Waals surface area (Å²) in [6.07, 6.45) is 11.2. The standard InChI is InChI=1S/C38H54O5Si/c1-8-9-10-12-29-13-15-30(16-14-29)31-17-19-32(20-18-31)33-23-34(25-42-37(40)27(2)3)36(44(6,7)22-11-21-39)35(24-33)26-43-38(41)28(4)5/h17-20,23-24,29-30,39H,2,4,8-16,21-22,25-26H2,1,3,5-7H3. The number of esters is 2. The lowest BCUT2D eigenvalue weighted by molar-refractivity contribution is -0.140. The first-order valence-corrected chi connectivity index (χ1v) is 19.7. The lowest BCUT2D eigenvalue weighted by Gasteiger charge is -2.30. The Hall–Kier alpha value is -2.96. The third kappa shape index (κ3) is 10.0. The Morgan fingerprint density at radius 2 is 1.39 bits per heavy atom. The van der Waals surface area contributed by atoms with Crippen molar-refractivity contribution in [2.75, 3.05) is 6.61 Å². The first kappa shape index (κ1) is 35.5. The number of unbranched alkanes of at least 4 members (excludes halogenated alkanes) is 2. The van der Waals surface area contributed by atoms with Crippen molar-refractivity contribution < 1.29 is 24.2 Å². The minimum absolute atomic E-state index is 0.103. The highest BCUT2D eigenvalue weighted by atomic mass is 28.3. The predicted octanol–water partition coefficient (Wildman–Crippen LogP) is 8.74. The molecule has 0 amide bonds. The molecule has 1 saturated carbocycles. The number of aliphatic hydroxyl groups is 1. The highest BCUT2D eigenvalue weighted by Crippen LogP contribution is 2.38. The summed E-state index contributed by atoms with van der Waals surface area (Å²) in [4.78, 5) is 24.9. The van der Waals surface area contributed by atoms with Crippen molar-refractivity contribution >= 4 is 25.2 Å². The summed E-state index contributed by atoms with van der Waals surface area (Å²) in [6, 6.07) is 14.0. The molecular formula is C38H54O5Si. The van der Waals surface area contributed by atoms with Gasteiger partial charge < -0.3 is 14.6 Å². The second kappa shape index (κ2) is 16.9. The Labute approximate surface area is 266 Å². The highest BCUT2D eigenvalue weighted by molar-refractivity contribution is 6.90. The van der Waals surface area contributed by atoms with Crippen LogP contribution < -0.4 is 5.19 Å². The highest BCUT2D eigenvalue weighted by Gasteiger charge is 2.30. The number of hydrogen-bond acceptors (Lipinski definition) is 5. The molecule has 0 bridgehead atoms. The normalized spacial score (nSPS) is 16.8. The van der Waals surface area contributed by atoms with Crippen LogP contribution in [0.5, 0.6) is 0 Å². The molecular weight excluding hydrogens is 564 g/mol. The van der Waals surface area contributed by atoms with Crippen LogP contribution in [0.15, 0.2) is 60.7 Å². The Morgan fingerprint density at radius 3 is 1.86 bits per heavy atom. The summed E-state index contributed by atoms with van der Waals surface area (Å²) in [5, 5.41) is 10.7. The minimum Gasteiger partial charge on any atom is -0.457 e. The van der Waals surface area contributed by atoms with E-state index in [2.05, 4.69) is 69.6 Å². The molecule has 0 unspecified atom stereocenters. The third-order valence-electron chi connectivity index (χ3n) is 9.13. The number of rotatable bonds is 16. The van der Waals surface area contributed by atoms with Crippen molar-refractivity contribution in [3.05, 3.63) is 77.4 Å². The molecule has 0 spiro atoms. The second-order valence-electron chi connectivity index (χ2n) is 13.4. The third-order valence-corrected chi connectivity index (χ3v) is 12.7. The number of hydrogen-bond donors (Lipinski definition) is 1. The van der Waals surface area contributed by atoms with Crippen molar-refractivity contribution in [3.8, 4) is 11.1 Å². The average Bonchev–Trinajstić information content (AvgIpc) is 3.01. The van der Waals surface area contributed by atoms with Crippen molar-refractivity contribution in [1.29, 1.82) is 0 Å². The molecule has 240 valence electrons. The van der Waals surface area contributed by atoms with E-state index in [0.29, 0.717) is 23.5 Å². The number of aliphatic hydroxyl groups excluding tert-OH is 1. The topological polar surface area (TPSA) is 72.8 Å². The Balaban J connectivity index is 1.96. The van der Waals surface area contributed by atoms with Gasteiger partial charge in [0.2, 0.25) is 0 Å². The van der Waals surface area contributed by atoms with Gasteiger partial charge in [0.1, 0.15) is 13.2 Å². The van der Waals surface area contributed by atoms with Gasteiger partial charge in [-0.3, -0.25) is 0 Å². The van der Waals surface area contributed by atoms with Gasteiger partial charge in [-0.2, -0.15) is 0 Å². The van der Waals surface area contributed by atoms with Crippen molar-refractivity contribution in [2.45, 2.75) is 117 Å². The molecule has 1 fully saturated rings. The van der Waals surface area contributed by atoms with Crippen LogP contribution in [0.2, 0.25) is 19.1 Å². The average molecular weight is 619 g/mol. The Bertz CT molecular complexity index is 1230. The number of carbonyl (C=O) groups is 2. The molecule has 2 aromatic carbocycles. The van der Waals surface area contributed by atoms with Gasteiger partial charge in [-0.1, -0.05) is 89.2 Å². The van der Waals surface area contributed by atoms with Crippen LogP contribution in [0.25, 0.3) is 11.1 Å². The van der Waals surface area contributed by atoms with Crippen LogP contribution in [-0.4, -0.2) is 31.7 Å². The second-order valence-corrected chi connectivity index (χ2v) is 18.2. The van der Waals surface area contributed by atoms with E-state index in [1.807, 2.05) is 0 Å². The molecule has 2 aromatic rings. The molecule has 0 heterocycles. The van der Waals surface area contributed by atoms with Crippen LogP contribution >= 0.6 is 0 Å². The summed E-state index contributed by atoms with van der Waals surface area (Å²) in [5.74, 6) is 0.628. The number of ether oxygens (including phenoxy) is 2. The first-order valence-electron chi connectivity index (χ1n) is 16.5. The SMILES string of the molecule is C=C(C)C(=O)OCc1cc(-c2ccc(C3CCC(CCCCC)CC3)cc2)cc(COC(=O)C(=C)C)c1[Si](C)(C)CCCO. The van der Waals surface area contributed by atoms with E-state index < -0.39 is 20.0 Å². The molecule has 0 aromatic heterocycles. The molecule has 0 atom stereocenters. The van der Waals surface area contributed by atoms with E-state index in [1.54, 1.807) is 13.8 Å². The zero-order valence-electron chi connectivity index (χ0n) is 27.8. The van der Waals surface area contributed by atoms with E-state index in [0.717, 1.165) is 39.4 Å². The van der Waals surface area contributed by atoms with Gasteiger partial charge in [0, 0.05) is 17.8 Å². The fourth-order valence-corrected chi connectivity index (χ4v) is 9.94. The van der Waals surface area contributed by atoms with Crippen LogP contribution in [0.3, 0.4) is 0 Å². The van der Waals surface area contributed by atoms with Crippen LogP contribution in [0, 0.1) is 5.92 Å². The molecule has 0 aliphatic heterocycles. The van der Waals surface area contributed by atoms with E-state index >= 15 is 0 Å². The molecule has 3 rings (SSSR count). The van der Waals surface area contributed by atoms with E-state index in [-0.39, 0.29) is 19.8 Å². The molecule has 1 aliphatic rings. The number of carbonyl (C=O) groups excluding carboxylic acids is 2. The van der Waals surface area contributed by atoms with Gasteiger partial charge in [-0.15, -0.1) is 0 Å². The molecule has 6 heteroatoms. The molecule has 0 saturated heterocycles. The maximum atomic E-state index is 12.4. The summed E-state index contributed by atoms with van der Waals surface area (Å²) < 4.78 is 11.4. The minimum atomic E-state index is -2.15. The predicted molar refractivity (Wildman–Crippen MR) is 184 cm³/mol. The zero-order valence-corrected chi connectivity index (χ0v) is 28.8. The van der Waals surface area contributed by atoms with Crippen LogP contribution in [0.4, 0.5) is 0 Å². The lowest BCUT2D eigenvalue weighted by atomic mass is 9.77. The zero-order chi connectivity index (χ0) is 32.3. The van der Waals surface area contributed by atoms with Gasteiger partial charge in [0.25, 0.3) is 0 Å². The fourth-order valence-electron chi connectivity index (χ4n) is 6.63. The molecule has 5 nitrogen and oxygen atoms in total. The van der Waals surface area contributed by atoms with Gasteiger partial charge in [-0.25, -0.2) is 9.59 Å². The van der Waals surface area contributed by atoms with Crippen molar-refractivity contribution in [2.24, 2.45) is 5.92 Å². The summed E-state index contributed by atoms with van der Waals surface area (Å²) in [5.41, 5.74) is 6.00. The van der Waals surface area contributed by atoms with Gasteiger partial charge >= 0.3 is 11.9 Å². The summed E-state index contributed by atoms with van der Waals surface area (Å²) in [7, 11) is -2.15. The van der Waals surface area contributed by atoms with Crippen LogP contribution in [-0.2, 0) is 32.3 Å². The molecule has 0 radical (unpaired) electrons. The quantitative estimate of drug-likeness (QED) is 0.0881. The van der Waals surface area contributed by atoms with Crippen molar-refractivity contribution in [1.82, 2.24) is 0 Å². The Morgan fingerprint density at radius 1 is 0.841 bits per heavy atom. The van der Waals surface area contributed by atoms with Crippen molar-refractivity contribution in [3.63, 3.8) is 0 Å². The van der Waals surface area contributed by atoms with Gasteiger partial charge in [0.05, 0.1) is 8.07 Å². The molecule has 44 heavy (non-hydrogen) atoms. The fraction of sp³-hybridized carbons (Fsp3) is 0.526. The summed E-state index contributed by atoms with van der Waals surface area (Å²) in [6.45, 7) is 17.8. The molecule has 1 N–H and O–H groups in total. The number of benzene rings is 2. The smallest absolute Gasteiger partial charge is 0.333 e.